The summed E-state index contributed by atoms with van der Waals surface area (Å²) in [6.07, 6.45) is 0. The minimum Gasteiger partial charge on any atom is -0.544 e. The maximum absolute atomic E-state index is 7.12. The molecule has 1 heterocycles. The molecule has 0 spiro atoms. The van der Waals surface area contributed by atoms with E-state index in [4.69, 9.17) is 8.85 Å². The Morgan fingerprint density at radius 3 is 0.962 bits per heavy atom. The zero-order chi connectivity index (χ0) is 20.9. The largest absolute Gasteiger partial charge is 0.544 e. The van der Waals surface area contributed by atoms with Crippen LogP contribution in [0.1, 0.15) is 27.7 Å². The maximum atomic E-state index is 7.12. The van der Waals surface area contributed by atoms with Crippen molar-refractivity contribution in [3.05, 3.63) is 21.2 Å². The first-order valence-electron chi connectivity index (χ1n) is 10.2. The van der Waals surface area contributed by atoms with Gasteiger partial charge in [0.1, 0.15) is 0 Å². The van der Waals surface area contributed by atoms with Gasteiger partial charge >= 0.3 is 0 Å². The number of allylic oxidation sites excluding steroid dienone is 2. The standard InChI is InChI=1S/C20H44O2Si4/c1-15(2)17-19(23(5,6)7)25(11,12)22-18(16(3)4)20(24(8,9)10)26(13,14)21-17/h15-16H,1-14H3/b19-17-,20-18-. The molecule has 0 radical (unpaired) electrons. The number of hydrogen-bond donors (Lipinski definition) is 0. The smallest absolute Gasteiger partial charge is 0.271 e. The van der Waals surface area contributed by atoms with Crippen molar-refractivity contribution < 1.29 is 8.85 Å². The molecule has 1 rings (SSSR count). The second-order valence-electron chi connectivity index (χ2n) is 11.5. The predicted molar refractivity (Wildman–Crippen MR) is 128 cm³/mol. The van der Waals surface area contributed by atoms with Gasteiger partial charge < -0.3 is 8.85 Å². The minimum absolute atomic E-state index is 0.419. The van der Waals surface area contributed by atoms with Gasteiger partial charge in [0.25, 0.3) is 16.6 Å². The van der Waals surface area contributed by atoms with E-state index in [0.717, 1.165) is 0 Å². The van der Waals surface area contributed by atoms with Crippen molar-refractivity contribution in [2.45, 2.75) is 93.2 Å². The van der Waals surface area contributed by atoms with Gasteiger partial charge in [-0.2, -0.15) is 0 Å². The normalized spacial score (nSPS) is 27.1. The van der Waals surface area contributed by atoms with Gasteiger partial charge in [-0.1, -0.05) is 67.0 Å². The lowest BCUT2D eigenvalue weighted by atomic mass is 10.2. The van der Waals surface area contributed by atoms with Crippen molar-refractivity contribution in [1.29, 1.82) is 0 Å². The molecule has 0 saturated heterocycles. The molecule has 0 aromatic heterocycles. The molecule has 0 saturated carbocycles. The monoisotopic (exact) mass is 428 g/mol. The molecule has 0 fully saturated rings. The van der Waals surface area contributed by atoms with E-state index < -0.39 is 32.8 Å². The van der Waals surface area contributed by atoms with E-state index in [1.807, 2.05) is 0 Å². The van der Waals surface area contributed by atoms with E-state index in [9.17, 15) is 0 Å². The lowest BCUT2D eigenvalue weighted by Gasteiger charge is -2.46. The summed E-state index contributed by atoms with van der Waals surface area (Å²) >= 11 is 0. The van der Waals surface area contributed by atoms with Crippen LogP contribution in [0.4, 0.5) is 0 Å². The van der Waals surface area contributed by atoms with Gasteiger partial charge in [-0.25, -0.2) is 0 Å². The highest BCUT2D eigenvalue weighted by Crippen LogP contribution is 2.43. The van der Waals surface area contributed by atoms with Gasteiger partial charge in [-0.15, -0.1) is 0 Å². The van der Waals surface area contributed by atoms with Crippen LogP contribution in [0.15, 0.2) is 21.2 Å². The molecule has 0 unspecified atom stereocenters. The third-order valence-corrected chi connectivity index (χ3v) is 20.9. The number of hydrogen-bond acceptors (Lipinski definition) is 2. The van der Waals surface area contributed by atoms with Crippen LogP contribution in [0.25, 0.3) is 0 Å². The quantitative estimate of drug-likeness (QED) is 0.445. The first kappa shape index (κ1) is 24.0. The highest BCUT2D eigenvalue weighted by molar-refractivity contribution is 7.05. The van der Waals surface area contributed by atoms with Gasteiger partial charge in [0.2, 0.25) is 0 Å². The fourth-order valence-corrected chi connectivity index (χ4v) is 25.9. The van der Waals surface area contributed by atoms with Crippen molar-refractivity contribution >= 4 is 32.8 Å². The zero-order valence-electron chi connectivity index (χ0n) is 20.0. The van der Waals surface area contributed by atoms with Gasteiger partial charge in [0.05, 0.1) is 27.7 Å². The summed E-state index contributed by atoms with van der Waals surface area (Å²) in [7, 11) is -7.27. The van der Waals surface area contributed by atoms with Crippen LogP contribution in [0.3, 0.4) is 0 Å². The Balaban J connectivity index is 3.91. The molecular weight excluding hydrogens is 385 g/mol. The van der Waals surface area contributed by atoms with Gasteiger partial charge in [-0.05, 0) is 35.8 Å². The summed E-state index contributed by atoms with van der Waals surface area (Å²) in [4.78, 5) is 3.18. The molecule has 0 atom stereocenters. The lowest BCUT2D eigenvalue weighted by molar-refractivity contribution is 0.332. The molecule has 0 N–H and O–H groups in total. The van der Waals surface area contributed by atoms with Crippen LogP contribution in [-0.2, 0) is 8.85 Å². The maximum Gasteiger partial charge on any atom is 0.271 e. The highest BCUT2D eigenvalue weighted by atomic mass is 28.4. The molecule has 0 aliphatic carbocycles. The fraction of sp³-hybridized carbons (Fsp3) is 0.800. The summed E-state index contributed by atoms with van der Waals surface area (Å²) in [5.74, 6) is 3.41. The predicted octanol–water partition coefficient (Wildman–Crippen LogP) is 7.10. The van der Waals surface area contributed by atoms with E-state index in [0.29, 0.717) is 11.8 Å². The summed E-state index contributed by atoms with van der Waals surface area (Å²) in [5.41, 5.74) is 0. The second kappa shape index (κ2) is 7.41. The minimum atomic E-state index is -2.07. The Morgan fingerprint density at radius 1 is 0.577 bits per heavy atom. The molecule has 0 bridgehead atoms. The molecule has 152 valence electrons. The molecule has 0 aromatic carbocycles. The van der Waals surface area contributed by atoms with Crippen LogP contribution in [0.2, 0.25) is 65.5 Å². The first-order valence-corrected chi connectivity index (χ1v) is 23.0. The topological polar surface area (TPSA) is 18.5 Å². The lowest BCUT2D eigenvalue weighted by Crippen LogP contribution is -2.53. The van der Waals surface area contributed by atoms with Crippen molar-refractivity contribution in [1.82, 2.24) is 0 Å². The van der Waals surface area contributed by atoms with E-state index in [-0.39, 0.29) is 0 Å². The van der Waals surface area contributed by atoms with Crippen molar-refractivity contribution in [2.24, 2.45) is 11.8 Å². The molecule has 6 heteroatoms. The van der Waals surface area contributed by atoms with Crippen molar-refractivity contribution in [3.8, 4) is 0 Å². The van der Waals surface area contributed by atoms with Crippen molar-refractivity contribution in [3.63, 3.8) is 0 Å². The van der Waals surface area contributed by atoms with E-state index in [1.54, 1.807) is 9.64 Å². The first-order chi connectivity index (χ1) is 11.3. The molecule has 26 heavy (non-hydrogen) atoms. The molecular formula is C20H44O2Si4. The Morgan fingerprint density at radius 2 is 0.808 bits per heavy atom. The van der Waals surface area contributed by atoms with Crippen LogP contribution in [-0.4, -0.2) is 32.8 Å². The van der Waals surface area contributed by atoms with E-state index >= 15 is 0 Å². The zero-order valence-corrected chi connectivity index (χ0v) is 24.0. The third-order valence-electron chi connectivity index (χ3n) is 4.98. The Labute approximate surface area is 167 Å². The van der Waals surface area contributed by atoms with Crippen LogP contribution in [0, 0.1) is 11.8 Å². The third kappa shape index (κ3) is 5.05. The average molecular weight is 429 g/mol. The Hall–Kier alpha value is -0.0525. The van der Waals surface area contributed by atoms with Crippen molar-refractivity contribution in [2.75, 3.05) is 0 Å². The SMILES string of the molecule is CC(C)/C1=C(\[Si](C)(C)C)[Si](C)(C)O/C(C(C)C)=C(/[Si](C)(C)C)[Si](C)(C)O1. The van der Waals surface area contributed by atoms with Gasteiger partial charge in [-0.3, -0.25) is 0 Å². The molecule has 1 aliphatic rings. The van der Waals surface area contributed by atoms with Gasteiger partial charge in [0, 0.05) is 11.8 Å². The summed E-state index contributed by atoms with van der Waals surface area (Å²) in [5, 5.41) is 0. The molecule has 1 aliphatic heterocycles. The number of rotatable bonds is 4. The van der Waals surface area contributed by atoms with Crippen LogP contribution >= 0.6 is 0 Å². The molecule has 0 aromatic rings. The fourth-order valence-electron chi connectivity index (χ4n) is 4.71. The molecule has 0 amide bonds. The van der Waals surface area contributed by atoms with Crippen LogP contribution in [0.5, 0.6) is 0 Å². The van der Waals surface area contributed by atoms with E-state index in [1.165, 1.54) is 11.5 Å². The van der Waals surface area contributed by atoms with E-state index in [2.05, 4.69) is 93.2 Å². The summed E-state index contributed by atoms with van der Waals surface area (Å²) < 4.78 is 14.2. The average Bonchev–Trinajstić information content (AvgIpc) is 2.30. The highest BCUT2D eigenvalue weighted by Gasteiger charge is 2.49. The van der Waals surface area contributed by atoms with Crippen LogP contribution < -0.4 is 0 Å². The van der Waals surface area contributed by atoms with Gasteiger partial charge in [0.15, 0.2) is 0 Å². The summed E-state index contributed by atoms with van der Waals surface area (Å²) in [6.45, 7) is 33.5. The molecule has 2 nitrogen and oxygen atoms in total. The Kier molecular flexibility index (Phi) is 6.83. The Bertz CT molecular complexity index is 546. The summed E-state index contributed by atoms with van der Waals surface area (Å²) in [6, 6.07) is 0. The second-order valence-corrected chi connectivity index (χ2v) is 30.0.